The van der Waals surface area contributed by atoms with E-state index in [1.54, 1.807) is 18.2 Å². The van der Waals surface area contributed by atoms with Crippen molar-refractivity contribution >= 4 is 15.7 Å². The monoisotopic (exact) mass is 496 g/mol. The molecule has 7 nitrogen and oxygen atoms in total. The molecule has 1 amide bonds. The lowest BCUT2D eigenvalue weighted by Crippen LogP contribution is -2.36. The number of rotatable bonds is 5. The van der Waals surface area contributed by atoms with Gasteiger partial charge < -0.3 is 9.88 Å². The van der Waals surface area contributed by atoms with Crippen molar-refractivity contribution in [1.82, 2.24) is 19.9 Å². The number of imidazole rings is 1. The Kier molecular flexibility index (Phi) is 6.19. The van der Waals surface area contributed by atoms with Crippen LogP contribution >= 0.6 is 0 Å². The summed E-state index contributed by atoms with van der Waals surface area (Å²) >= 11 is 0. The molecular formula is C22H20F4N4O3S. The lowest BCUT2D eigenvalue weighted by atomic mass is 9.91. The Labute approximate surface area is 192 Å². The van der Waals surface area contributed by atoms with Crippen molar-refractivity contribution in [2.75, 3.05) is 12.3 Å². The predicted octanol–water partition coefficient (Wildman–Crippen LogP) is 3.87. The predicted molar refractivity (Wildman–Crippen MR) is 113 cm³/mol. The van der Waals surface area contributed by atoms with E-state index >= 15 is 4.39 Å². The van der Waals surface area contributed by atoms with Crippen molar-refractivity contribution in [1.29, 1.82) is 0 Å². The van der Waals surface area contributed by atoms with Gasteiger partial charge in [-0.05, 0) is 35.2 Å². The number of aromatic nitrogens is 3. The zero-order chi connectivity index (χ0) is 24.7. The molecule has 1 aromatic carbocycles. The van der Waals surface area contributed by atoms with Crippen LogP contribution in [0.2, 0.25) is 0 Å². The Morgan fingerprint density at radius 3 is 2.65 bits per heavy atom. The number of H-pyrrole nitrogens is 1. The number of fused-ring (bicyclic) bond motifs is 1. The second-order valence-electron chi connectivity index (χ2n) is 7.79. The maximum absolute atomic E-state index is 15.3. The molecule has 4 rings (SSSR count). The van der Waals surface area contributed by atoms with E-state index in [9.17, 15) is 26.4 Å². The zero-order valence-corrected chi connectivity index (χ0v) is 18.8. The Morgan fingerprint density at radius 1 is 1.24 bits per heavy atom. The van der Waals surface area contributed by atoms with Gasteiger partial charge in [0.15, 0.2) is 6.17 Å². The summed E-state index contributed by atoms with van der Waals surface area (Å²) in [4.78, 5) is 24.4. The van der Waals surface area contributed by atoms with E-state index in [0.29, 0.717) is 23.7 Å². The number of sulfone groups is 1. The van der Waals surface area contributed by atoms with Gasteiger partial charge >= 0.3 is 6.18 Å². The average Bonchev–Trinajstić information content (AvgIpc) is 3.33. The number of benzene rings is 1. The van der Waals surface area contributed by atoms with Crippen molar-refractivity contribution in [2.24, 2.45) is 0 Å². The molecular weight excluding hydrogens is 476 g/mol. The third-order valence-corrected chi connectivity index (χ3v) is 7.24. The number of halogens is 4. The number of alkyl halides is 4. The highest BCUT2D eigenvalue weighted by atomic mass is 32.2. The Morgan fingerprint density at radius 2 is 2.00 bits per heavy atom. The summed E-state index contributed by atoms with van der Waals surface area (Å²) < 4.78 is 77.5. The lowest BCUT2D eigenvalue weighted by molar-refractivity contribution is -0.137. The number of carbonyl (C=O) groups excluding carboxylic acids is 1. The van der Waals surface area contributed by atoms with Crippen LogP contribution in [-0.2, 0) is 29.0 Å². The highest BCUT2D eigenvalue weighted by Gasteiger charge is 2.32. The topological polar surface area (TPSA) is 96.0 Å². The quantitative estimate of drug-likeness (QED) is 0.541. The largest absolute Gasteiger partial charge is 0.417 e. The number of nitrogens with zero attached hydrogens (tertiary/aromatic N) is 3. The minimum atomic E-state index is -4.56. The first-order valence-electron chi connectivity index (χ1n) is 10.4. The molecule has 1 unspecified atom stereocenters. The number of hydrogen-bond acceptors (Lipinski definition) is 5. The van der Waals surface area contributed by atoms with E-state index in [-0.39, 0.29) is 41.0 Å². The number of carbonyl (C=O) groups is 1. The van der Waals surface area contributed by atoms with Gasteiger partial charge in [-0.1, -0.05) is 25.1 Å². The fourth-order valence-corrected chi connectivity index (χ4v) is 4.55. The summed E-state index contributed by atoms with van der Waals surface area (Å²) in [5.74, 6) is -0.627. The van der Waals surface area contributed by atoms with Gasteiger partial charge in [-0.3, -0.25) is 9.78 Å². The third kappa shape index (κ3) is 4.54. The molecule has 0 spiro atoms. The van der Waals surface area contributed by atoms with E-state index in [2.05, 4.69) is 15.0 Å². The Balaban J connectivity index is 1.55. The molecule has 1 aliphatic rings. The minimum Gasteiger partial charge on any atom is -0.335 e. The van der Waals surface area contributed by atoms with Crippen molar-refractivity contribution in [2.45, 2.75) is 37.4 Å². The Hall–Kier alpha value is -3.28. The van der Waals surface area contributed by atoms with Crippen molar-refractivity contribution in [3.63, 3.8) is 0 Å². The highest BCUT2D eigenvalue weighted by Crippen LogP contribution is 2.34. The third-order valence-electron chi connectivity index (χ3n) is 5.68. The molecule has 1 aliphatic heterocycles. The fourth-order valence-electron chi connectivity index (χ4n) is 3.80. The second kappa shape index (κ2) is 8.82. The molecule has 2 aromatic heterocycles. The van der Waals surface area contributed by atoms with Gasteiger partial charge in [-0.2, -0.15) is 13.2 Å². The molecule has 0 saturated heterocycles. The summed E-state index contributed by atoms with van der Waals surface area (Å²) in [5, 5.41) is -0.276. The van der Waals surface area contributed by atoms with Crippen molar-refractivity contribution in [3.05, 3.63) is 76.4 Å². The molecule has 3 heterocycles. The van der Waals surface area contributed by atoms with E-state index < -0.39 is 33.7 Å². The summed E-state index contributed by atoms with van der Waals surface area (Å²) in [6, 6.07) is 6.71. The first kappa shape index (κ1) is 23.9. The summed E-state index contributed by atoms with van der Waals surface area (Å²) in [7, 11) is -3.59. The number of pyridine rings is 1. The van der Waals surface area contributed by atoms with E-state index in [4.69, 9.17) is 0 Å². The SMILES string of the molecule is CCS(=O)(=O)c1nc(C(=O)N2CCc3c(cccc3C(F)c3ccc(C(F)(F)F)cn3)C2)c[nH]1. The molecule has 180 valence electrons. The normalized spacial score (nSPS) is 15.1. The van der Waals surface area contributed by atoms with Crippen LogP contribution < -0.4 is 0 Å². The molecule has 3 aromatic rings. The van der Waals surface area contributed by atoms with Crippen LogP contribution in [0.25, 0.3) is 0 Å². The summed E-state index contributed by atoms with van der Waals surface area (Å²) in [5.41, 5.74) is 0.500. The van der Waals surface area contributed by atoms with Crippen LogP contribution in [0.4, 0.5) is 17.6 Å². The second-order valence-corrected chi connectivity index (χ2v) is 9.98. The molecule has 1 atom stereocenters. The molecule has 0 bridgehead atoms. The van der Waals surface area contributed by atoms with Crippen molar-refractivity contribution in [3.8, 4) is 0 Å². The van der Waals surface area contributed by atoms with Crippen LogP contribution in [0.15, 0.2) is 47.9 Å². The molecule has 0 saturated carbocycles. The van der Waals surface area contributed by atoms with E-state index in [1.165, 1.54) is 18.0 Å². The standard InChI is InChI=1S/C22H20F4N4O3S/c1-2-34(32,33)21-28-11-18(29-21)20(31)30-9-8-15-13(12-30)4-3-5-16(15)19(23)17-7-6-14(10-27-17)22(24,25)26/h3-7,10-11,19H,2,8-9,12H2,1H3,(H,28,29). The first-order valence-corrected chi connectivity index (χ1v) is 12.0. The van der Waals surface area contributed by atoms with Gasteiger partial charge in [0.05, 0.1) is 17.0 Å². The number of nitrogens with one attached hydrogen (secondary N) is 1. The maximum Gasteiger partial charge on any atom is 0.417 e. The molecule has 12 heteroatoms. The minimum absolute atomic E-state index is 0.0380. The van der Waals surface area contributed by atoms with Crippen LogP contribution in [0, 0.1) is 0 Å². The molecule has 0 radical (unpaired) electrons. The van der Waals surface area contributed by atoms with Gasteiger partial charge in [0.2, 0.25) is 15.0 Å². The van der Waals surface area contributed by atoms with Gasteiger partial charge in [-0.25, -0.2) is 17.8 Å². The number of amides is 1. The molecule has 34 heavy (non-hydrogen) atoms. The van der Waals surface area contributed by atoms with Gasteiger partial charge in [-0.15, -0.1) is 0 Å². The molecule has 0 aliphatic carbocycles. The van der Waals surface area contributed by atoms with Crippen LogP contribution in [-0.4, -0.2) is 46.5 Å². The number of hydrogen-bond donors (Lipinski definition) is 1. The Bertz CT molecular complexity index is 1320. The van der Waals surface area contributed by atoms with Gasteiger partial charge in [0, 0.05) is 25.5 Å². The van der Waals surface area contributed by atoms with E-state index in [1.807, 2.05) is 0 Å². The van der Waals surface area contributed by atoms with Crippen molar-refractivity contribution < 1.29 is 30.8 Å². The van der Waals surface area contributed by atoms with Crippen LogP contribution in [0.3, 0.4) is 0 Å². The molecule has 1 N–H and O–H groups in total. The van der Waals surface area contributed by atoms with E-state index in [0.717, 1.165) is 12.1 Å². The summed E-state index contributed by atoms with van der Waals surface area (Å²) in [6.45, 7) is 1.85. The van der Waals surface area contributed by atoms with Gasteiger partial charge in [0.25, 0.3) is 5.91 Å². The maximum atomic E-state index is 15.3. The first-order chi connectivity index (χ1) is 16.0. The smallest absolute Gasteiger partial charge is 0.335 e. The fraction of sp³-hybridized carbons (Fsp3) is 0.318. The number of aromatic amines is 1. The average molecular weight is 496 g/mol. The highest BCUT2D eigenvalue weighted by molar-refractivity contribution is 7.91. The zero-order valence-electron chi connectivity index (χ0n) is 17.9. The summed E-state index contributed by atoms with van der Waals surface area (Å²) in [6.07, 6.45) is -4.13. The van der Waals surface area contributed by atoms with Gasteiger partial charge in [0.1, 0.15) is 5.69 Å². The van der Waals surface area contributed by atoms with Crippen LogP contribution in [0.5, 0.6) is 0 Å². The van der Waals surface area contributed by atoms with Crippen LogP contribution in [0.1, 0.15) is 51.5 Å². The lowest BCUT2D eigenvalue weighted by Gasteiger charge is -2.30. The molecule has 0 fully saturated rings.